The van der Waals surface area contributed by atoms with Gasteiger partial charge in [-0.25, -0.2) is 0 Å². The number of rotatable bonds is 10. The molecule has 4 rings (SSSR count). The smallest absolute Gasteiger partial charge is 0.220 e. The number of carbonyl (C=O) groups excluding carboxylic acids is 1. The largest absolute Gasteiger partial charge is 0.469 e. The van der Waals surface area contributed by atoms with E-state index in [2.05, 4.69) is 30.9 Å². The molecule has 0 fully saturated rings. The number of carbonyl (C=O) groups is 1. The Morgan fingerprint density at radius 3 is 2.90 bits per heavy atom. The van der Waals surface area contributed by atoms with Gasteiger partial charge in [0.2, 0.25) is 5.91 Å². The van der Waals surface area contributed by atoms with Crippen LogP contribution in [0.15, 0.2) is 59.5 Å². The first-order valence-electron chi connectivity index (χ1n) is 10.3. The maximum absolute atomic E-state index is 12.3. The van der Waals surface area contributed by atoms with Gasteiger partial charge < -0.3 is 15.1 Å². The van der Waals surface area contributed by atoms with Crippen LogP contribution in [0, 0.1) is 0 Å². The topological polar surface area (TPSA) is 110 Å². The second-order valence-corrected chi connectivity index (χ2v) is 7.41. The number of fused-ring (bicyclic) bond motifs is 1. The van der Waals surface area contributed by atoms with Crippen LogP contribution in [0.2, 0.25) is 0 Å². The van der Waals surface area contributed by atoms with Gasteiger partial charge in [-0.2, -0.15) is 4.52 Å². The molecule has 1 atom stereocenters. The van der Waals surface area contributed by atoms with Crippen molar-refractivity contribution in [1.82, 2.24) is 30.1 Å². The van der Waals surface area contributed by atoms with Crippen molar-refractivity contribution < 1.29 is 9.21 Å². The summed E-state index contributed by atoms with van der Waals surface area (Å²) in [5, 5.41) is 19.2. The number of hydrogen-bond donors (Lipinski definition) is 2. The fourth-order valence-electron chi connectivity index (χ4n) is 3.24. The first-order valence-corrected chi connectivity index (χ1v) is 10.3. The highest BCUT2D eigenvalue weighted by Crippen LogP contribution is 2.10. The van der Waals surface area contributed by atoms with Gasteiger partial charge in [0.25, 0.3) is 0 Å². The Kier molecular flexibility index (Phi) is 6.51. The summed E-state index contributed by atoms with van der Waals surface area (Å²) in [6.45, 7) is 2.61. The van der Waals surface area contributed by atoms with E-state index in [0.29, 0.717) is 36.7 Å². The Morgan fingerprint density at radius 2 is 2.10 bits per heavy atom. The van der Waals surface area contributed by atoms with E-state index in [0.717, 1.165) is 24.2 Å². The summed E-state index contributed by atoms with van der Waals surface area (Å²) in [6, 6.07) is 11.5. The first-order chi connectivity index (χ1) is 15.2. The van der Waals surface area contributed by atoms with E-state index in [1.165, 1.54) is 0 Å². The summed E-state index contributed by atoms with van der Waals surface area (Å²) >= 11 is 0. The number of furan rings is 1. The van der Waals surface area contributed by atoms with Crippen LogP contribution >= 0.6 is 0 Å². The van der Waals surface area contributed by atoms with Crippen LogP contribution < -0.4 is 10.6 Å². The summed E-state index contributed by atoms with van der Waals surface area (Å²) in [4.78, 5) is 16.5. The molecule has 31 heavy (non-hydrogen) atoms. The number of aryl methyl sites for hydroxylation is 2. The second-order valence-electron chi connectivity index (χ2n) is 7.41. The number of hydrogen-bond acceptors (Lipinski definition) is 7. The van der Waals surface area contributed by atoms with Crippen LogP contribution in [-0.4, -0.2) is 36.7 Å². The van der Waals surface area contributed by atoms with Crippen molar-refractivity contribution in [3.05, 3.63) is 72.2 Å². The highest BCUT2D eigenvalue weighted by molar-refractivity contribution is 5.76. The molecule has 0 spiro atoms. The van der Waals surface area contributed by atoms with Gasteiger partial charge in [0.15, 0.2) is 11.5 Å². The Bertz CT molecular complexity index is 1110. The zero-order chi connectivity index (χ0) is 21.5. The molecule has 160 valence electrons. The fourth-order valence-corrected chi connectivity index (χ4v) is 3.24. The van der Waals surface area contributed by atoms with Gasteiger partial charge in [-0.05, 0) is 49.2 Å². The van der Waals surface area contributed by atoms with E-state index in [9.17, 15) is 4.79 Å². The summed E-state index contributed by atoms with van der Waals surface area (Å²) in [5.41, 5.74) is 1.71. The van der Waals surface area contributed by atoms with Crippen LogP contribution in [-0.2, 0) is 24.2 Å². The molecule has 1 amide bonds. The molecule has 0 unspecified atom stereocenters. The third-order valence-electron chi connectivity index (χ3n) is 4.91. The van der Waals surface area contributed by atoms with Crippen LogP contribution in [0.3, 0.4) is 0 Å². The van der Waals surface area contributed by atoms with Crippen LogP contribution in [0.1, 0.15) is 36.9 Å². The van der Waals surface area contributed by atoms with Gasteiger partial charge in [-0.3, -0.25) is 9.78 Å². The van der Waals surface area contributed by atoms with Gasteiger partial charge in [0, 0.05) is 44.2 Å². The molecule has 0 bridgehead atoms. The molecule has 4 aromatic rings. The summed E-state index contributed by atoms with van der Waals surface area (Å²) in [6.07, 6.45) is 7.60. The lowest BCUT2D eigenvalue weighted by molar-refractivity contribution is -0.121. The van der Waals surface area contributed by atoms with E-state index >= 15 is 0 Å². The zero-order valence-corrected chi connectivity index (χ0v) is 17.4. The SMILES string of the molecule is C[C@@H](CCc1ccco1)NC(=O)CCc1nnc2ccc(NCc3cccnc3)nn12. The average Bonchev–Trinajstić information content (AvgIpc) is 3.45. The monoisotopic (exact) mass is 419 g/mol. The van der Waals surface area contributed by atoms with Crippen molar-refractivity contribution in [2.45, 2.75) is 45.2 Å². The summed E-state index contributed by atoms with van der Waals surface area (Å²) < 4.78 is 7.01. The molecule has 0 saturated carbocycles. The lowest BCUT2D eigenvalue weighted by atomic mass is 10.1. The predicted octanol–water partition coefficient (Wildman–Crippen LogP) is 2.79. The minimum absolute atomic E-state index is 0.0189. The van der Waals surface area contributed by atoms with Crippen LogP contribution in [0.4, 0.5) is 5.82 Å². The van der Waals surface area contributed by atoms with E-state index in [4.69, 9.17) is 4.42 Å². The van der Waals surface area contributed by atoms with Gasteiger partial charge in [0.1, 0.15) is 11.6 Å². The molecule has 0 aliphatic rings. The quantitative estimate of drug-likeness (QED) is 0.407. The third-order valence-corrected chi connectivity index (χ3v) is 4.91. The maximum atomic E-state index is 12.3. The van der Waals surface area contributed by atoms with Crippen molar-refractivity contribution in [3.8, 4) is 0 Å². The highest BCUT2D eigenvalue weighted by Gasteiger charge is 2.12. The molecular formula is C22H25N7O2. The summed E-state index contributed by atoms with van der Waals surface area (Å²) in [5.74, 6) is 2.26. The molecule has 0 aliphatic heterocycles. The average molecular weight is 419 g/mol. The molecule has 0 aliphatic carbocycles. The molecule has 0 radical (unpaired) electrons. The maximum Gasteiger partial charge on any atom is 0.220 e. The number of pyridine rings is 1. The van der Waals surface area contributed by atoms with E-state index in [1.807, 2.05) is 49.5 Å². The lowest BCUT2D eigenvalue weighted by Crippen LogP contribution is -2.33. The normalized spacial score (nSPS) is 12.0. The first kappa shape index (κ1) is 20.5. The van der Waals surface area contributed by atoms with Crippen molar-refractivity contribution >= 4 is 17.4 Å². The third kappa shape index (κ3) is 5.65. The molecule has 4 heterocycles. The number of amides is 1. The van der Waals surface area contributed by atoms with Crippen molar-refractivity contribution in [3.63, 3.8) is 0 Å². The standard InChI is InChI=1S/C22H25N7O2/c1-16(6-7-18-5-3-13-31-18)25-22(30)11-10-21-27-26-20-9-8-19(28-29(20)21)24-15-17-4-2-12-23-14-17/h2-5,8-9,12-14,16H,6-7,10-11,15H2,1H3,(H,24,28)(H,25,30)/t16-/m0/s1. The molecular weight excluding hydrogens is 394 g/mol. The van der Waals surface area contributed by atoms with Crippen molar-refractivity contribution in [2.24, 2.45) is 0 Å². The van der Waals surface area contributed by atoms with Crippen LogP contribution in [0.25, 0.3) is 5.65 Å². The highest BCUT2D eigenvalue weighted by atomic mass is 16.3. The number of anilines is 1. The summed E-state index contributed by atoms with van der Waals surface area (Å²) in [7, 11) is 0. The van der Waals surface area contributed by atoms with E-state index in [1.54, 1.807) is 17.0 Å². The van der Waals surface area contributed by atoms with Crippen LogP contribution in [0.5, 0.6) is 0 Å². The van der Waals surface area contributed by atoms with Crippen molar-refractivity contribution in [1.29, 1.82) is 0 Å². The molecule has 2 N–H and O–H groups in total. The van der Waals surface area contributed by atoms with Gasteiger partial charge in [0.05, 0.1) is 6.26 Å². The minimum Gasteiger partial charge on any atom is -0.469 e. The zero-order valence-electron chi connectivity index (χ0n) is 17.4. The second kappa shape index (κ2) is 9.84. The Labute approximate surface area is 179 Å². The Hall–Kier alpha value is -3.75. The Balaban J connectivity index is 1.30. The number of aromatic nitrogens is 5. The molecule has 9 heteroatoms. The van der Waals surface area contributed by atoms with Gasteiger partial charge >= 0.3 is 0 Å². The number of nitrogens with one attached hydrogen (secondary N) is 2. The molecule has 9 nitrogen and oxygen atoms in total. The Morgan fingerprint density at radius 1 is 1.16 bits per heavy atom. The van der Waals surface area contributed by atoms with Crippen molar-refractivity contribution in [2.75, 3.05) is 5.32 Å². The molecule has 4 aromatic heterocycles. The predicted molar refractivity (Wildman–Crippen MR) is 115 cm³/mol. The molecule has 0 aromatic carbocycles. The van der Waals surface area contributed by atoms with E-state index < -0.39 is 0 Å². The molecule has 0 saturated heterocycles. The minimum atomic E-state index is -0.0189. The van der Waals surface area contributed by atoms with Gasteiger partial charge in [-0.15, -0.1) is 15.3 Å². The lowest BCUT2D eigenvalue weighted by Gasteiger charge is -2.13. The number of nitrogens with zero attached hydrogens (tertiary/aromatic N) is 5. The van der Waals surface area contributed by atoms with E-state index in [-0.39, 0.29) is 11.9 Å². The fraction of sp³-hybridized carbons (Fsp3) is 0.318. The van der Waals surface area contributed by atoms with Gasteiger partial charge in [-0.1, -0.05) is 6.07 Å².